The van der Waals surface area contributed by atoms with Crippen LogP contribution in [0, 0.1) is 0 Å². The first kappa shape index (κ1) is 72.7. The second kappa shape index (κ2) is 57.9. The van der Waals surface area contributed by atoms with Crippen molar-refractivity contribution >= 4 is 17.9 Å². The highest BCUT2D eigenvalue weighted by Gasteiger charge is 2.22. The van der Waals surface area contributed by atoms with Crippen molar-refractivity contribution in [3.8, 4) is 0 Å². The molecule has 0 saturated heterocycles. The molecule has 0 N–H and O–H groups in total. The molecule has 0 aliphatic heterocycles. The molecule has 0 aromatic heterocycles. The molecule has 0 heterocycles. The van der Waals surface area contributed by atoms with Gasteiger partial charge in [0.05, 0.1) is 40.3 Å². The molecule has 0 aromatic carbocycles. The second-order valence-corrected chi connectivity index (χ2v) is 21.3. The summed E-state index contributed by atoms with van der Waals surface area (Å²) in [4.78, 5) is 37.3. The van der Waals surface area contributed by atoms with Crippen molar-refractivity contribution in [2.45, 2.75) is 245 Å². The van der Waals surface area contributed by atoms with Crippen LogP contribution in [0.15, 0.2) is 122 Å². The van der Waals surface area contributed by atoms with Gasteiger partial charge in [0.2, 0.25) is 0 Å². The van der Waals surface area contributed by atoms with Crippen molar-refractivity contribution in [2.75, 3.05) is 47.5 Å². The van der Waals surface area contributed by atoms with E-state index in [-0.39, 0.29) is 38.6 Å². The largest absolute Gasteiger partial charge is 0.545 e. The zero-order valence-corrected chi connectivity index (χ0v) is 49.8. The standard InChI is InChI=1S/C68H113NO8/c1-6-8-10-12-14-16-18-20-22-23-24-25-26-27-28-29-30-31-32-33-34-35-36-37-38-39-40-41-42-43-45-47-49-51-53-55-57-59-66(71)77-64(63-76-68(67(72)73)74-61-60-69(3,4)5)62-75-65(70)58-56-54-52-50-48-46-44-21-19-17-15-13-11-9-7-2/h8,10,14-17,20-22,24-25,27-28,30-31,33-34,36-37,44,64,68H,6-7,9,11-13,18-19,23,26,29,32,35,38-43,45-63H2,1-5H3/b10-8-,16-14-,17-15-,22-20-,25-24-,28-27-,31-30-,34-33-,37-36-,44-21-. The summed E-state index contributed by atoms with van der Waals surface area (Å²) in [6.45, 7) is 4.58. The average molecular weight is 1070 g/mol. The maximum absolute atomic E-state index is 12.9. The summed E-state index contributed by atoms with van der Waals surface area (Å²) in [6, 6.07) is 0. The maximum atomic E-state index is 12.9. The van der Waals surface area contributed by atoms with Gasteiger partial charge in [0.1, 0.15) is 13.2 Å². The van der Waals surface area contributed by atoms with Crippen LogP contribution in [-0.4, -0.2) is 82.3 Å². The van der Waals surface area contributed by atoms with Crippen molar-refractivity contribution in [1.29, 1.82) is 0 Å². The van der Waals surface area contributed by atoms with Gasteiger partial charge in [0.15, 0.2) is 12.4 Å². The van der Waals surface area contributed by atoms with Gasteiger partial charge in [-0.25, -0.2) is 0 Å². The smallest absolute Gasteiger partial charge is 0.306 e. The van der Waals surface area contributed by atoms with Gasteiger partial charge < -0.3 is 33.3 Å². The molecule has 438 valence electrons. The Morgan fingerprint density at radius 1 is 0.403 bits per heavy atom. The van der Waals surface area contributed by atoms with Crippen LogP contribution in [0.25, 0.3) is 0 Å². The van der Waals surface area contributed by atoms with Crippen LogP contribution in [0.4, 0.5) is 0 Å². The summed E-state index contributed by atoms with van der Waals surface area (Å²) >= 11 is 0. The number of hydrogen-bond donors (Lipinski definition) is 0. The highest BCUT2D eigenvalue weighted by Crippen LogP contribution is 2.15. The lowest BCUT2D eigenvalue weighted by atomic mass is 10.0. The summed E-state index contributed by atoms with van der Waals surface area (Å²) in [5, 5.41) is 11.8. The lowest BCUT2D eigenvalue weighted by Crippen LogP contribution is -2.44. The van der Waals surface area contributed by atoms with E-state index in [1.54, 1.807) is 0 Å². The molecule has 77 heavy (non-hydrogen) atoms. The van der Waals surface area contributed by atoms with Crippen LogP contribution in [-0.2, 0) is 33.3 Å². The molecule has 9 heteroatoms. The first-order chi connectivity index (χ1) is 37.6. The lowest BCUT2D eigenvalue weighted by molar-refractivity contribution is -0.870. The number of aliphatic carboxylic acids is 1. The Hall–Kier alpha value is -4.31. The molecule has 2 atom stereocenters. The topological polar surface area (TPSA) is 111 Å². The fourth-order valence-corrected chi connectivity index (χ4v) is 7.99. The van der Waals surface area contributed by atoms with Crippen LogP contribution in [0.2, 0.25) is 0 Å². The van der Waals surface area contributed by atoms with Crippen LogP contribution >= 0.6 is 0 Å². The Morgan fingerprint density at radius 2 is 0.740 bits per heavy atom. The van der Waals surface area contributed by atoms with Crippen molar-refractivity contribution < 1.29 is 42.9 Å². The third kappa shape index (κ3) is 59.2. The zero-order valence-electron chi connectivity index (χ0n) is 49.8. The van der Waals surface area contributed by atoms with Crippen LogP contribution in [0.5, 0.6) is 0 Å². The molecule has 0 saturated carbocycles. The minimum Gasteiger partial charge on any atom is -0.545 e. The number of carbonyl (C=O) groups is 3. The minimum absolute atomic E-state index is 0.140. The molecule has 0 radical (unpaired) electrons. The van der Waals surface area contributed by atoms with Crippen LogP contribution in [0.3, 0.4) is 0 Å². The molecule has 0 aliphatic rings. The number of quaternary nitrogens is 1. The van der Waals surface area contributed by atoms with Crippen molar-refractivity contribution in [3.63, 3.8) is 0 Å². The number of likely N-dealkylation sites (N-methyl/N-ethyl adjacent to an activating group) is 1. The number of allylic oxidation sites excluding steroid dienone is 20. The number of nitrogens with zero attached hydrogens (tertiary/aromatic N) is 1. The average Bonchev–Trinajstić information content (AvgIpc) is 3.40. The fourth-order valence-electron chi connectivity index (χ4n) is 7.99. The van der Waals surface area contributed by atoms with E-state index < -0.39 is 24.3 Å². The number of esters is 2. The number of carboxylic acids is 1. The van der Waals surface area contributed by atoms with E-state index in [4.69, 9.17) is 18.9 Å². The van der Waals surface area contributed by atoms with Gasteiger partial charge in [-0.1, -0.05) is 232 Å². The van der Waals surface area contributed by atoms with Gasteiger partial charge >= 0.3 is 11.9 Å². The monoisotopic (exact) mass is 1070 g/mol. The van der Waals surface area contributed by atoms with Crippen molar-refractivity contribution in [3.05, 3.63) is 122 Å². The SMILES string of the molecule is CC/C=C\C/C=C\C/C=C\C/C=C\C/C=C\C/C=C\C/C=C\C/C=C\CCCCCCCCCCCCCCC(=O)OC(COC(=O)CCCCCCC/C=C\C/C=C\CCCCC)COC(OCC[N+](C)(C)C)C(=O)[O-]. The van der Waals surface area contributed by atoms with Crippen molar-refractivity contribution in [1.82, 2.24) is 0 Å². The highest BCUT2D eigenvalue weighted by molar-refractivity contribution is 5.70. The van der Waals surface area contributed by atoms with Crippen LogP contribution < -0.4 is 5.11 Å². The van der Waals surface area contributed by atoms with E-state index >= 15 is 0 Å². The van der Waals surface area contributed by atoms with E-state index in [2.05, 4.69) is 135 Å². The Kier molecular flexibility index (Phi) is 54.6. The third-order valence-electron chi connectivity index (χ3n) is 12.7. The summed E-state index contributed by atoms with van der Waals surface area (Å²) in [6.07, 6.45) is 78.3. The minimum atomic E-state index is -1.63. The van der Waals surface area contributed by atoms with E-state index in [1.165, 1.54) is 83.5 Å². The number of carboxylic acid groups (broad SMARTS) is 1. The summed E-state index contributed by atoms with van der Waals surface area (Å²) < 4.78 is 22.7. The van der Waals surface area contributed by atoms with Gasteiger partial charge in [0.25, 0.3) is 0 Å². The highest BCUT2D eigenvalue weighted by atomic mass is 16.7. The number of carbonyl (C=O) groups excluding carboxylic acids is 3. The molecule has 2 unspecified atom stereocenters. The maximum Gasteiger partial charge on any atom is 0.306 e. The lowest BCUT2D eigenvalue weighted by Gasteiger charge is -2.26. The predicted octanol–water partition coefficient (Wildman–Crippen LogP) is 17.1. The zero-order chi connectivity index (χ0) is 56.2. The molecule has 0 rings (SSSR count). The number of hydrogen-bond acceptors (Lipinski definition) is 8. The number of rotatable bonds is 55. The van der Waals surface area contributed by atoms with E-state index in [9.17, 15) is 19.5 Å². The number of ether oxygens (including phenoxy) is 4. The molecule has 0 fully saturated rings. The molecule has 9 nitrogen and oxygen atoms in total. The van der Waals surface area contributed by atoms with Gasteiger partial charge in [-0.3, -0.25) is 9.59 Å². The third-order valence-corrected chi connectivity index (χ3v) is 12.7. The molecule has 0 aromatic rings. The van der Waals surface area contributed by atoms with Crippen molar-refractivity contribution in [2.24, 2.45) is 0 Å². The molecule has 0 aliphatic carbocycles. The summed E-state index contributed by atoms with van der Waals surface area (Å²) in [5.41, 5.74) is 0. The Labute approximate surface area is 472 Å². The Balaban J connectivity index is 4.15. The second-order valence-electron chi connectivity index (χ2n) is 21.3. The normalized spacial score (nSPS) is 13.6. The van der Waals surface area contributed by atoms with E-state index in [1.807, 2.05) is 21.1 Å². The molecule has 0 bridgehead atoms. The van der Waals surface area contributed by atoms with Crippen LogP contribution in [0.1, 0.15) is 232 Å². The van der Waals surface area contributed by atoms with E-state index in [0.717, 1.165) is 116 Å². The quantitative estimate of drug-likeness (QED) is 0.0195. The summed E-state index contributed by atoms with van der Waals surface area (Å²) in [7, 11) is 5.91. The molecule has 0 amide bonds. The van der Waals surface area contributed by atoms with E-state index in [0.29, 0.717) is 17.4 Å². The van der Waals surface area contributed by atoms with Gasteiger partial charge in [-0.05, 0) is 109 Å². The molecular formula is C68H113NO8. The molecule has 0 spiro atoms. The fraction of sp³-hybridized carbons (Fsp3) is 0.662. The summed E-state index contributed by atoms with van der Waals surface area (Å²) in [5.74, 6) is -2.31. The van der Waals surface area contributed by atoms with Gasteiger partial charge in [-0.15, -0.1) is 0 Å². The number of unbranched alkanes of at least 4 members (excludes halogenated alkanes) is 20. The Morgan fingerprint density at radius 3 is 1.10 bits per heavy atom. The first-order valence-electron chi connectivity index (χ1n) is 30.7. The predicted molar refractivity (Wildman–Crippen MR) is 324 cm³/mol. The molecular weight excluding hydrogens is 959 g/mol. The Bertz CT molecular complexity index is 1670. The van der Waals surface area contributed by atoms with Gasteiger partial charge in [-0.2, -0.15) is 0 Å². The first-order valence-corrected chi connectivity index (χ1v) is 30.7. The van der Waals surface area contributed by atoms with Gasteiger partial charge in [0, 0.05) is 12.8 Å².